The van der Waals surface area contributed by atoms with Crippen molar-refractivity contribution in [1.29, 1.82) is 0 Å². The lowest BCUT2D eigenvalue weighted by Crippen LogP contribution is -2.36. The van der Waals surface area contributed by atoms with E-state index >= 15 is 0 Å². The summed E-state index contributed by atoms with van der Waals surface area (Å²) < 4.78 is 5.99. The van der Waals surface area contributed by atoms with Crippen LogP contribution in [0.5, 0.6) is 5.75 Å². The minimum Gasteiger partial charge on any atom is -0.491 e. The van der Waals surface area contributed by atoms with Crippen LogP contribution in [0.25, 0.3) is 0 Å². The number of guanidine groups is 1. The van der Waals surface area contributed by atoms with Crippen LogP contribution >= 0.6 is 24.0 Å². The second-order valence-corrected chi connectivity index (χ2v) is 8.05. The van der Waals surface area contributed by atoms with Crippen LogP contribution in [0.1, 0.15) is 50.3 Å². The summed E-state index contributed by atoms with van der Waals surface area (Å²) in [5.74, 6) is 2.79. The molecule has 3 rings (SSSR count). The number of aromatic nitrogens is 1. The Morgan fingerprint density at radius 2 is 1.94 bits per heavy atom. The number of ether oxygens (including phenoxy) is 1. The molecule has 0 spiro atoms. The second-order valence-electron chi connectivity index (χ2n) is 8.05. The van der Waals surface area contributed by atoms with Crippen molar-refractivity contribution in [3.63, 3.8) is 0 Å². The average Bonchev–Trinajstić information content (AvgIpc) is 3.26. The minimum atomic E-state index is 0. The molecule has 1 aromatic carbocycles. The monoisotopic (exact) mass is 537 g/mol. The van der Waals surface area contributed by atoms with E-state index in [9.17, 15) is 0 Å². The van der Waals surface area contributed by atoms with Crippen molar-refractivity contribution in [2.45, 2.75) is 59.7 Å². The highest BCUT2D eigenvalue weighted by molar-refractivity contribution is 14.0. The van der Waals surface area contributed by atoms with Crippen LogP contribution in [0.2, 0.25) is 0 Å². The van der Waals surface area contributed by atoms with E-state index in [-0.39, 0.29) is 30.1 Å². The second kappa shape index (κ2) is 12.7. The fourth-order valence-corrected chi connectivity index (χ4v) is 3.51. The minimum absolute atomic E-state index is 0. The molecule has 1 saturated heterocycles. The number of pyridine rings is 1. The van der Waals surface area contributed by atoms with Crippen molar-refractivity contribution in [3.8, 4) is 5.75 Å². The molecule has 0 saturated carbocycles. The van der Waals surface area contributed by atoms with Crippen LogP contribution in [0.4, 0.5) is 5.82 Å². The van der Waals surface area contributed by atoms with Crippen molar-refractivity contribution < 1.29 is 4.74 Å². The number of rotatable bonds is 8. The van der Waals surface area contributed by atoms with Crippen LogP contribution in [0.15, 0.2) is 41.5 Å². The van der Waals surface area contributed by atoms with E-state index in [0.29, 0.717) is 13.1 Å². The molecule has 2 N–H and O–H groups in total. The largest absolute Gasteiger partial charge is 0.491 e. The lowest BCUT2D eigenvalue weighted by atomic mass is 10.1. The highest BCUT2D eigenvalue weighted by Crippen LogP contribution is 2.21. The maximum Gasteiger partial charge on any atom is 0.191 e. The number of benzene rings is 1. The van der Waals surface area contributed by atoms with E-state index in [1.54, 1.807) is 0 Å². The predicted octanol–water partition coefficient (Wildman–Crippen LogP) is 4.65. The van der Waals surface area contributed by atoms with Crippen molar-refractivity contribution in [2.75, 3.05) is 24.5 Å². The lowest BCUT2D eigenvalue weighted by Gasteiger charge is -2.17. The van der Waals surface area contributed by atoms with E-state index in [0.717, 1.165) is 48.3 Å². The zero-order chi connectivity index (χ0) is 21.3. The number of hydrogen-bond acceptors (Lipinski definition) is 4. The first kappa shape index (κ1) is 25.2. The van der Waals surface area contributed by atoms with Crippen LogP contribution in [0.3, 0.4) is 0 Å². The molecule has 2 heterocycles. The standard InChI is InChI=1S/C24H35N5O.HI/c1-5-25-24(28-17-21-10-8-19(4)14-22(21)30-18(2)3)27-16-20-9-11-23(26-15-20)29-12-6-7-13-29;/h8-11,14-15,18H,5-7,12-13,16-17H2,1-4H3,(H2,25,27,28);1H. The third kappa shape index (κ3) is 7.87. The van der Waals surface area contributed by atoms with Gasteiger partial charge in [0.25, 0.3) is 0 Å². The summed E-state index contributed by atoms with van der Waals surface area (Å²) in [6.07, 6.45) is 4.60. The van der Waals surface area contributed by atoms with Gasteiger partial charge in [-0.2, -0.15) is 0 Å². The summed E-state index contributed by atoms with van der Waals surface area (Å²) in [5, 5.41) is 6.75. The normalized spacial score (nSPS) is 13.8. The zero-order valence-corrected chi connectivity index (χ0v) is 21.5. The first-order chi connectivity index (χ1) is 14.5. The number of anilines is 1. The van der Waals surface area contributed by atoms with Crippen LogP contribution in [-0.4, -0.2) is 36.7 Å². The van der Waals surface area contributed by atoms with Crippen LogP contribution in [-0.2, 0) is 13.1 Å². The highest BCUT2D eigenvalue weighted by atomic mass is 127. The molecule has 0 bridgehead atoms. The smallest absolute Gasteiger partial charge is 0.191 e. The Hall–Kier alpha value is -2.03. The van der Waals surface area contributed by atoms with E-state index in [2.05, 4.69) is 64.7 Å². The fourth-order valence-electron chi connectivity index (χ4n) is 3.51. The number of halogens is 1. The molecule has 6 nitrogen and oxygen atoms in total. The highest BCUT2D eigenvalue weighted by Gasteiger charge is 2.13. The fraction of sp³-hybridized carbons (Fsp3) is 0.500. The van der Waals surface area contributed by atoms with Gasteiger partial charge in [0.2, 0.25) is 0 Å². The SMILES string of the molecule is CCNC(=NCc1ccc(N2CCCC2)nc1)NCc1ccc(C)cc1OC(C)C.I. The Labute approximate surface area is 203 Å². The molecule has 2 aromatic rings. The van der Waals surface area contributed by atoms with E-state index < -0.39 is 0 Å². The molecule has 0 unspecified atom stereocenters. The number of hydrogen-bond donors (Lipinski definition) is 2. The van der Waals surface area contributed by atoms with Gasteiger partial charge >= 0.3 is 0 Å². The number of nitrogens with one attached hydrogen (secondary N) is 2. The molecule has 0 atom stereocenters. The summed E-state index contributed by atoms with van der Waals surface area (Å²) in [6.45, 7) is 12.5. The molecule has 0 radical (unpaired) electrons. The predicted molar refractivity (Wildman–Crippen MR) is 140 cm³/mol. The molecule has 0 amide bonds. The Bertz CT molecular complexity index is 832. The van der Waals surface area contributed by atoms with Gasteiger partial charge in [-0.3, -0.25) is 0 Å². The van der Waals surface area contributed by atoms with Gasteiger partial charge in [-0.05, 0) is 63.8 Å². The van der Waals surface area contributed by atoms with Crippen molar-refractivity contribution >= 4 is 35.8 Å². The van der Waals surface area contributed by atoms with Gasteiger partial charge in [-0.15, -0.1) is 24.0 Å². The van der Waals surface area contributed by atoms with Crippen molar-refractivity contribution in [2.24, 2.45) is 4.99 Å². The van der Waals surface area contributed by atoms with Gasteiger partial charge in [-0.25, -0.2) is 9.98 Å². The summed E-state index contributed by atoms with van der Waals surface area (Å²) in [7, 11) is 0. The van der Waals surface area contributed by atoms with Gasteiger partial charge in [0, 0.05) is 37.9 Å². The molecule has 31 heavy (non-hydrogen) atoms. The van der Waals surface area contributed by atoms with Crippen LogP contribution < -0.4 is 20.3 Å². The first-order valence-corrected chi connectivity index (χ1v) is 11.0. The number of aliphatic imine (C=N–C) groups is 1. The molecule has 1 aromatic heterocycles. The lowest BCUT2D eigenvalue weighted by molar-refractivity contribution is 0.239. The summed E-state index contributed by atoms with van der Waals surface area (Å²) in [4.78, 5) is 11.7. The number of nitrogens with zero attached hydrogens (tertiary/aromatic N) is 3. The molecule has 7 heteroatoms. The third-order valence-electron chi connectivity index (χ3n) is 5.03. The Morgan fingerprint density at radius 3 is 2.58 bits per heavy atom. The molecule has 170 valence electrons. The molecule has 1 aliphatic rings. The van der Waals surface area contributed by atoms with E-state index in [4.69, 9.17) is 9.73 Å². The molecular weight excluding hydrogens is 501 g/mol. The zero-order valence-electron chi connectivity index (χ0n) is 19.1. The first-order valence-electron chi connectivity index (χ1n) is 11.0. The molecule has 1 aliphatic heterocycles. The topological polar surface area (TPSA) is 61.8 Å². The van der Waals surface area contributed by atoms with Gasteiger partial charge in [0.1, 0.15) is 11.6 Å². The average molecular weight is 537 g/mol. The maximum absolute atomic E-state index is 5.99. The van der Waals surface area contributed by atoms with Gasteiger partial charge < -0.3 is 20.3 Å². The Morgan fingerprint density at radius 1 is 1.16 bits per heavy atom. The Kier molecular flexibility index (Phi) is 10.4. The van der Waals surface area contributed by atoms with Crippen molar-refractivity contribution in [1.82, 2.24) is 15.6 Å². The van der Waals surface area contributed by atoms with Gasteiger partial charge in [0.05, 0.1) is 12.6 Å². The summed E-state index contributed by atoms with van der Waals surface area (Å²) in [5.41, 5.74) is 3.42. The molecule has 1 fully saturated rings. The molecular formula is C24H36IN5O. The van der Waals surface area contributed by atoms with Gasteiger partial charge in [-0.1, -0.05) is 18.2 Å². The quantitative estimate of drug-likeness (QED) is 0.292. The Balaban J connectivity index is 0.00000341. The van der Waals surface area contributed by atoms with Crippen LogP contribution in [0, 0.1) is 6.92 Å². The molecule has 0 aliphatic carbocycles. The summed E-state index contributed by atoms with van der Waals surface area (Å²) in [6, 6.07) is 10.6. The van der Waals surface area contributed by atoms with E-state index in [1.807, 2.05) is 20.0 Å². The third-order valence-corrected chi connectivity index (χ3v) is 5.03. The van der Waals surface area contributed by atoms with E-state index in [1.165, 1.54) is 18.4 Å². The van der Waals surface area contributed by atoms with Crippen molar-refractivity contribution in [3.05, 3.63) is 53.2 Å². The summed E-state index contributed by atoms with van der Waals surface area (Å²) >= 11 is 0. The number of aryl methyl sites for hydroxylation is 1. The maximum atomic E-state index is 5.99. The van der Waals surface area contributed by atoms with Gasteiger partial charge in [0.15, 0.2) is 5.96 Å².